The van der Waals surface area contributed by atoms with Crippen LogP contribution in [0.3, 0.4) is 0 Å². The van der Waals surface area contributed by atoms with Gasteiger partial charge in [-0.15, -0.1) is 0 Å². The number of halogens is 1. The Labute approximate surface area is 100 Å². The van der Waals surface area contributed by atoms with Crippen molar-refractivity contribution in [3.8, 4) is 0 Å². The first-order valence-corrected chi connectivity index (χ1v) is 5.97. The van der Waals surface area contributed by atoms with E-state index in [4.69, 9.17) is 5.73 Å². The maximum atomic E-state index is 5.91. The normalized spacial score (nSPS) is 11.5. The van der Waals surface area contributed by atoms with E-state index < -0.39 is 0 Å². The van der Waals surface area contributed by atoms with E-state index in [0.29, 0.717) is 0 Å². The summed E-state index contributed by atoms with van der Waals surface area (Å²) in [6, 6.07) is 6.24. The molecular weight excluding hydrogens is 252 g/mol. The fourth-order valence-electron chi connectivity index (χ4n) is 1.34. The number of anilines is 1. The molecule has 1 aromatic rings. The van der Waals surface area contributed by atoms with Gasteiger partial charge in [0.05, 0.1) is 0 Å². The molecule has 0 aliphatic carbocycles. The first kappa shape index (κ1) is 12.5. The second-order valence-electron chi connectivity index (χ2n) is 4.62. The molecule has 0 heterocycles. The summed E-state index contributed by atoms with van der Waals surface area (Å²) in [5.74, 6) is 0. The summed E-state index contributed by atoms with van der Waals surface area (Å²) in [5, 5.41) is 3.40. The number of nitrogens with one attached hydrogen (secondary N) is 1. The molecule has 0 radical (unpaired) electrons. The van der Waals surface area contributed by atoms with Gasteiger partial charge in [0, 0.05) is 22.2 Å². The predicted molar refractivity (Wildman–Crippen MR) is 70.3 cm³/mol. The third-order valence-corrected chi connectivity index (χ3v) is 2.77. The number of benzene rings is 1. The molecule has 3 heteroatoms. The highest BCUT2D eigenvalue weighted by atomic mass is 79.9. The van der Waals surface area contributed by atoms with Crippen molar-refractivity contribution in [2.45, 2.75) is 32.7 Å². The minimum Gasteiger partial charge on any atom is -0.385 e. The summed E-state index contributed by atoms with van der Waals surface area (Å²) in [4.78, 5) is 0. The van der Waals surface area contributed by atoms with Gasteiger partial charge in [0.2, 0.25) is 0 Å². The smallest absolute Gasteiger partial charge is 0.0370 e. The van der Waals surface area contributed by atoms with Crippen molar-refractivity contribution in [1.82, 2.24) is 0 Å². The molecule has 2 nitrogen and oxygen atoms in total. The lowest BCUT2D eigenvalue weighted by Gasteiger charge is -2.19. The van der Waals surface area contributed by atoms with Gasteiger partial charge in [0.25, 0.3) is 0 Å². The average Bonchev–Trinajstić information content (AvgIpc) is 2.07. The third-order valence-electron chi connectivity index (χ3n) is 2.27. The van der Waals surface area contributed by atoms with Crippen molar-refractivity contribution in [1.29, 1.82) is 0 Å². The number of hydrogen-bond acceptors (Lipinski definition) is 2. The van der Waals surface area contributed by atoms with Crippen LogP contribution in [0.1, 0.15) is 25.8 Å². The van der Waals surface area contributed by atoms with Crippen molar-refractivity contribution in [3.63, 3.8) is 0 Å². The van der Waals surface area contributed by atoms with Crippen molar-refractivity contribution < 1.29 is 0 Å². The van der Waals surface area contributed by atoms with Crippen molar-refractivity contribution in [2.24, 2.45) is 5.73 Å². The third kappa shape index (κ3) is 4.67. The SMILES string of the molecule is Cc1cc(Br)ccc1NCCC(C)(C)N. The topological polar surface area (TPSA) is 38.0 Å². The van der Waals surface area contributed by atoms with Crippen LogP contribution in [0.5, 0.6) is 0 Å². The molecule has 1 rings (SSSR count). The summed E-state index contributed by atoms with van der Waals surface area (Å²) < 4.78 is 1.12. The molecule has 0 aliphatic rings. The molecule has 0 saturated carbocycles. The standard InChI is InChI=1S/C12H19BrN2/c1-9-8-10(13)4-5-11(9)15-7-6-12(2,3)14/h4-5,8,15H,6-7,14H2,1-3H3. The average molecular weight is 271 g/mol. The molecule has 0 atom stereocenters. The minimum absolute atomic E-state index is 0.101. The van der Waals surface area contributed by atoms with Gasteiger partial charge in [-0.3, -0.25) is 0 Å². The van der Waals surface area contributed by atoms with Gasteiger partial charge in [0.15, 0.2) is 0 Å². The van der Waals surface area contributed by atoms with Gasteiger partial charge < -0.3 is 11.1 Å². The van der Waals surface area contributed by atoms with Crippen LogP contribution >= 0.6 is 15.9 Å². The van der Waals surface area contributed by atoms with Gasteiger partial charge in [-0.2, -0.15) is 0 Å². The van der Waals surface area contributed by atoms with E-state index in [9.17, 15) is 0 Å². The van der Waals surface area contributed by atoms with Crippen LogP contribution < -0.4 is 11.1 Å². The largest absolute Gasteiger partial charge is 0.385 e. The van der Waals surface area contributed by atoms with Gasteiger partial charge in [-0.05, 0) is 51.0 Å². The summed E-state index contributed by atoms with van der Waals surface area (Å²) in [6.45, 7) is 7.10. The van der Waals surface area contributed by atoms with Crippen LogP contribution in [0, 0.1) is 6.92 Å². The first-order chi connectivity index (χ1) is 6.88. The highest BCUT2D eigenvalue weighted by Crippen LogP contribution is 2.20. The van der Waals surface area contributed by atoms with E-state index in [1.54, 1.807) is 0 Å². The molecular formula is C12H19BrN2. The van der Waals surface area contributed by atoms with E-state index >= 15 is 0 Å². The summed E-state index contributed by atoms with van der Waals surface area (Å²) in [6.07, 6.45) is 0.961. The molecule has 0 fully saturated rings. The van der Waals surface area contributed by atoms with Crippen molar-refractivity contribution in [2.75, 3.05) is 11.9 Å². The Hall–Kier alpha value is -0.540. The van der Waals surface area contributed by atoms with Gasteiger partial charge in [0.1, 0.15) is 0 Å². The number of aryl methyl sites for hydroxylation is 1. The summed E-state index contributed by atoms with van der Waals surface area (Å²) >= 11 is 3.45. The molecule has 0 bridgehead atoms. The second-order valence-corrected chi connectivity index (χ2v) is 5.54. The lowest BCUT2D eigenvalue weighted by molar-refractivity contribution is 0.491. The van der Waals surface area contributed by atoms with E-state index in [1.807, 2.05) is 19.9 Å². The van der Waals surface area contributed by atoms with Crippen molar-refractivity contribution >= 4 is 21.6 Å². The molecule has 3 N–H and O–H groups in total. The van der Waals surface area contributed by atoms with Gasteiger partial charge in [-0.1, -0.05) is 15.9 Å². The molecule has 15 heavy (non-hydrogen) atoms. The first-order valence-electron chi connectivity index (χ1n) is 5.17. The van der Waals surface area contributed by atoms with Crippen LogP contribution in [0.4, 0.5) is 5.69 Å². The molecule has 0 aromatic heterocycles. The lowest BCUT2D eigenvalue weighted by atomic mass is 10.0. The van der Waals surface area contributed by atoms with Crippen LogP contribution in [0.15, 0.2) is 22.7 Å². The van der Waals surface area contributed by atoms with Gasteiger partial charge >= 0.3 is 0 Å². The van der Waals surface area contributed by atoms with Crippen LogP contribution in [0.2, 0.25) is 0 Å². The maximum Gasteiger partial charge on any atom is 0.0370 e. The number of hydrogen-bond donors (Lipinski definition) is 2. The lowest BCUT2D eigenvalue weighted by Crippen LogP contribution is -2.34. The van der Waals surface area contributed by atoms with E-state index in [-0.39, 0.29) is 5.54 Å². The van der Waals surface area contributed by atoms with Crippen LogP contribution in [-0.2, 0) is 0 Å². The Bertz CT molecular complexity index is 329. The molecule has 0 unspecified atom stereocenters. The zero-order chi connectivity index (χ0) is 11.5. The fraction of sp³-hybridized carbons (Fsp3) is 0.500. The van der Waals surface area contributed by atoms with Gasteiger partial charge in [-0.25, -0.2) is 0 Å². The summed E-state index contributed by atoms with van der Waals surface area (Å²) in [7, 11) is 0. The molecule has 0 amide bonds. The van der Waals surface area contributed by atoms with E-state index in [2.05, 4.69) is 40.3 Å². The molecule has 0 aliphatic heterocycles. The Morgan fingerprint density at radius 1 is 1.40 bits per heavy atom. The van der Waals surface area contributed by atoms with Crippen LogP contribution in [0.25, 0.3) is 0 Å². The maximum absolute atomic E-state index is 5.91. The molecule has 0 spiro atoms. The zero-order valence-corrected chi connectivity index (χ0v) is 11.2. The Balaban J connectivity index is 2.51. The zero-order valence-electron chi connectivity index (χ0n) is 9.60. The number of nitrogens with two attached hydrogens (primary N) is 1. The Morgan fingerprint density at radius 2 is 2.07 bits per heavy atom. The highest BCUT2D eigenvalue weighted by molar-refractivity contribution is 9.10. The quantitative estimate of drug-likeness (QED) is 0.881. The van der Waals surface area contributed by atoms with Crippen molar-refractivity contribution in [3.05, 3.63) is 28.2 Å². The molecule has 1 aromatic carbocycles. The Morgan fingerprint density at radius 3 is 2.60 bits per heavy atom. The monoisotopic (exact) mass is 270 g/mol. The minimum atomic E-state index is -0.101. The Kier molecular flexibility index (Phi) is 4.17. The van der Waals surface area contributed by atoms with E-state index in [0.717, 1.165) is 17.4 Å². The highest BCUT2D eigenvalue weighted by Gasteiger charge is 2.09. The molecule has 84 valence electrons. The fourth-order valence-corrected chi connectivity index (χ4v) is 1.82. The molecule has 0 saturated heterocycles. The van der Waals surface area contributed by atoms with Crippen LogP contribution in [-0.4, -0.2) is 12.1 Å². The summed E-state index contributed by atoms with van der Waals surface area (Å²) in [5.41, 5.74) is 8.25. The second kappa shape index (κ2) is 4.99. The predicted octanol–water partition coefficient (Wildman–Crippen LogP) is 3.30. The number of rotatable bonds is 4. The van der Waals surface area contributed by atoms with E-state index in [1.165, 1.54) is 11.3 Å².